The summed E-state index contributed by atoms with van der Waals surface area (Å²) in [6.07, 6.45) is 8.36. The van der Waals surface area contributed by atoms with Crippen LogP contribution in [0.1, 0.15) is 82.8 Å². The molecule has 0 bridgehead atoms. The zero-order chi connectivity index (χ0) is 21.7. The lowest BCUT2D eigenvalue weighted by Crippen LogP contribution is -2.23. The van der Waals surface area contributed by atoms with E-state index in [9.17, 15) is 30.0 Å². The molecule has 1 aliphatic rings. The molecule has 0 spiro atoms. The molecule has 29 heavy (non-hydrogen) atoms. The van der Waals surface area contributed by atoms with Gasteiger partial charge in [-0.2, -0.15) is 0 Å². The largest absolute Gasteiger partial charge is 0.504 e. The van der Waals surface area contributed by atoms with Crippen molar-refractivity contribution in [3.05, 3.63) is 23.3 Å². The molecule has 0 radical (unpaired) electrons. The number of phenols is 2. The quantitative estimate of drug-likeness (QED) is 0.274. The minimum atomic E-state index is -0.795. The van der Waals surface area contributed by atoms with Crippen molar-refractivity contribution in [2.24, 2.45) is 10.8 Å². The zero-order valence-electron chi connectivity index (χ0n) is 17.5. The third-order valence-electron chi connectivity index (χ3n) is 6.32. The molecule has 1 aliphatic carbocycles. The smallest absolute Gasteiger partial charge is 0.309 e. The number of hydrogen-bond donors (Lipinski definition) is 4. The molecule has 162 valence electrons. The van der Waals surface area contributed by atoms with Crippen LogP contribution in [0.3, 0.4) is 0 Å². The number of carboxylic acid groups (broad SMARTS) is 2. The highest BCUT2D eigenvalue weighted by Gasteiger charge is 2.49. The van der Waals surface area contributed by atoms with Crippen molar-refractivity contribution in [1.29, 1.82) is 0 Å². The summed E-state index contributed by atoms with van der Waals surface area (Å²) in [5.41, 5.74) is 0.510. The van der Waals surface area contributed by atoms with Gasteiger partial charge in [-0.05, 0) is 76.8 Å². The molecule has 0 amide bonds. The number of aromatic hydroxyl groups is 2. The maximum atomic E-state index is 11.2. The van der Waals surface area contributed by atoms with Crippen molar-refractivity contribution < 1.29 is 30.0 Å². The SMILES string of the molecule is CC(C)(CCCCc1ccc(O)c(O)c1CCCCCC1(C(=O)O)CC1)C(=O)O. The van der Waals surface area contributed by atoms with Crippen LogP contribution in [-0.4, -0.2) is 32.4 Å². The van der Waals surface area contributed by atoms with E-state index in [0.717, 1.165) is 62.5 Å². The van der Waals surface area contributed by atoms with Crippen LogP contribution >= 0.6 is 0 Å². The predicted molar refractivity (Wildman–Crippen MR) is 110 cm³/mol. The Balaban J connectivity index is 1.84. The van der Waals surface area contributed by atoms with Crippen molar-refractivity contribution in [3.8, 4) is 11.5 Å². The minimum absolute atomic E-state index is 0.0717. The number of unbranched alkanes of at least 4 members (excludes halogenated alkanes) is 3. The number of phenolic OH excluding ortho intramolecular Hbond substituents is 2. The predicted octanol–water partition coefficient (Wildman–Crippen LogP) is 4.89. The highest BCUT2D eigenvalue weighted by molar-refractivity contribution is 5.77. The average molecular weight is 407 g/mol. The molecule has 0 aliphatic heterocycles. The Labute approximate surface area is 172 Å². The monoisotopic (exact) mass is 406 g/mol. The van der Waals surface area contributed by atoms with E-state index < -0.39 is 22.8 Å². The summed E-state index contributed by atoms with van der Waals surface area (Å²) >= 11 is 0. The number of benzene rings is 1. The first-order chi connectivity index (χ1) is 13.6. The fraction of sp³-hybridized carbons (Fsp3) is 0.652. The first kappa shape index (κ1) is 23.0. The van der Waals surface area contributed by atoms with Crippen LogP contribution in [0.2, 0.25) is 0 Å². The van der Waals surface area contributed by atoms with Gasteiger partial charge in [0.05, 0.1) is 10.8 Å². The van der Waals surface area contributed by atoms with Crippen molar-refractivity contribution >= 4 is 11.9 Å². The Bertz CT molecular complexity index is 733. The van der Waals surface area contributed by atoms with Crippen LogP contribution in [0, 0.1) is 10.8 Å². The van der Waals surface area contributed by atoms with Crippen LogP contribution in [0.5, 0.6) is 11.5 Å². The van der Waals surface area contributed by atoms with Crippen molar-refractivity contribution in [3.63, 3.8) is 0 Å². The summed E-state index contributed by atoms with van der Waals surface area (Å²) < 4.78 is 0. The van der Waals surface area contributed by atoms with Crippen LogP contribution in [0.25, 0.3) is 0 Å². The normalized spacial score (nSPS) is 15.2. The van der Waals surface area contributed by atoms with Crippen molar-refractivity contribution in [2.45, 2.75) is 84.5 Å². The molecule has 0 saturated heterocycles. The van der Waals surface area contributed by atoms with E-state index >= 15 is 0 Å². The van der Waals surface area contributed by atoms with E-state index in [0.29, 0.717) is 19.3 Å². The summed E-state index contributed by atoms with van der Waals surface area (Å²) in [6.45, 7) is 3.45. The van der Waals surface area contributed by atoms with Gasteiger partial charge < -0.3 is 20.4 Å². The van der Waals surface area contributed by atoms with E-state index in [1.54, 1.807) is 13.8 Å². The molecule has 1 aromatic carbocycles. The van der Waals surface area contributed by atoms with Gasteiger partial charge in [-0.1, -0.05) is 25.3 Å². The van der Waals surface area contributed by atoms with Gasteiger partial charge in [0.15, 0.2) is 11.5 Å². The molecule has 0 atom stereocenters. The second-order valence-corrected chi connectivity index (χ2v) is 9.11. The highest BCUT2D eigenvalue weighted by atomic mass is 16.4. The molecule has 0 aromatic heterocycles. The second kappa shape index (κ2) is 9.51. The van der Waals surface area contributed by atoms with Crippen molar-refractivity contribution in [1.82, 2.24) is 0 Å². The lowest BCUT2D eigenvalue weighted by molar-refractivity contribution is -0.147. The van der Waals surface area contributed by atoms with Gasteiger partial charge in [-0.3, -0.25) is 9.59 Å². The van der Waals surface area contributed by atoms with Gasteiger partial charge in [-0.25, -0.2) is 0 Å². The van der Waals surface area contributed by atoms with E-state index in [2.05, 4.69) is 0 Å². The molecule has 1 aromatic rings. The first-order valence-electron chi connectivity index (χ1n) is 10.6. The molecular formula is C23H34O6. The Morgan fingerprint density at radius 1 is 0.966 bits per heavy atom. The number of carboxylic acids is 2. The van der Waals surface area contributed by atoms with Gasteiger partial charge in [-0.15, -0.1) is 0 Å². The second-order valence-electron chi connectivity index (χ2n) is 9.11. The molecule has 0 heterocycles. The number of carbonyl (C=O) groups is 2. The highest BCUT2D eigenvalue weighted by Crippen LogP contribution is 2.50. The lowest BCUT2D eigenvalue weighted by atomic mass is 9.86. The summed E-state index contributed by atoms with van der Waals surface area (Å²) in [5, 5.41) is 38.6. The summed E-state index contributed by atoms with van der Waals surface area (Å²) in [4.78, 5) is 22.4. The molecule has 6 nitrogen and oxygen atoms in total. The van der Waals surface area contributed by atoms with Gasteiger partial charge in [0.25, 0.3) is 0 Å². The van der Waals surface area contributed by atoms with Crippen molar-refractivity contribution in [2.75, 3.05) is 0 Å². The number of rotatable bonds is 13. The van der Waals surface area contributed by atoms with E-state index in [1.165, 1.54) is 6.07 Å². The Morgan fingerprint density at radius 2 is 1.62 bits per heavy atom. The molecule has 0 unspecified atom stereocenters. The molecule has 1 fully saturated rings. The van der Waals surface area contributed by atoms with Gasteiger partial charge >= 0.3 is 11.9 Å². The minimum Gasteiger partial charge on any atom is -0.504 e. The zero-order valence-corrected chi connectivity index (χ0v) is 17.5. The van der Waals surface area contributed by atoms with E-state index in [1.807, 2.05) is 6.07 Å². The average Bonchev–Trinajstić information content (AvgIpc) is 3.44. The fourth-order valence-electron chi connectivity index (χ4n) is 3.83. The third-order valence-corrected chi connectivity index (χ3v) is 6.32. The lowest BCUT2D eigenvalue weighted by Gasteiger charge is -2.19. The third kappa shape index (κ3) is 6.12. The Kier molecular flexibility index (Phi) is 7.55. The van der Waals surface area contributed by atoms with Gasteiger partial charge in [0, 0.05) is 5.56 Å². The van der Waals surface area contributed by atoms with Crippen LogP contribution in [-0.2, 0) is 22.4 Å². The van der Waals surface area contributed by atoms with Crippen LogP contribution in [0.4, 0.5) is 0 Å². The van der Waals surface area contributed by atoms with Crippen LogP contribution in [0.15, 0.2) is 12.1 Å². The topological polar surface area (TPSA) is 115 Å². The molecule has 1 saturated carbocycles. The molecule has 4 N–H and O–H groups in total. The Morgan fingerprint density at radius 3 is 2.21 bits per heavy atom. The number of hydrogen-bond acceptors (Lipinski definition) is 4. The summed E-state index contributed by atoms with van der Waals surface area (Å²) in [6, 6.07) is 3.33. The molecular weight excluding hydrogens is 372 g/mol. The maximum Gasteiger partial charge on any atom is 0.309 e. The molecule has 6 heteroatoms. The summed E-state index contributed by atoms with van der Waals surface area (Å²) in [5.74, 6) is -1.68. The first-order valence-corrected chi connectivity index (χ1v) is 10.6. The molecule has 2 rings (SSSR count). The summed E-state index contributed by atoms with van der Waals surface area (Å²) in [7, 11) is 0. The van der Waals surface area contributed by atoms with E-state index in [4.69, 9.17) is 0 Å². The Hall–Kier alpha value is -2.24. The van der Waals surface area contributed by atoms with Crippen LogP contribution < -0.4 is 0 Å². The maximum absolute atomic E-state index is 11.2. The van der Waals surface area contributed by atoms with Gasteiger partial charge in [0.2, 0.25) is 0 Å². The van der Waals surface area contributed by atoms with Gasteiger partial charge in [0.1, 0.15) is 0 Å². The fourth-order valence-corrected chi connectivity index (χ4v) is 3.83. The number of aliphatic carboxylic acids is 2. The van der Waals surface area contributed by atoms with E-state index in [-0.39, 0.29) is 11.5 Å². The number of aryl methyl sites for hydroxylation is 1. The standard InChI is InChI=1S/C23H34O6/c1-22(2,20(26)27)12-7-5-8-16-10-11-18(24)19(25)17(16)9-4-3-6-13-23(14-15-23)21(28)29/h10-11,24-25H,3-9,12-15H2,1-2H3,(H,26,27)(H,28,29).